The Morgan fingerprint density at radius 2 is 2.00 bits per heavy atom. The number of hydrogen-bond acceptors (Lipinski definition) is 4. The van der Waals surface area contributed by atoms with Gasteiger partial charge in [-0.15, -0.1) is 0 Å². The van der Waals surface area contributed by atoms with Crippen molar-refractivity contribution in [2.75, 3.05) is 11.9 Å². The quantitative estimate of drug-likeness (QED) is 0.623. The van der Waals surface area contributed by atoms with E-state index in [1.54, 1.807) is 0 Å². The molecule has 1 aromatic rings. The number of aliphatic hydroxyl groups is 1. The molecular formula is C13H17F3N2O3. The lowest BCUT2D eigenvalue weighted by atomic mass is 10.0. The fraction of sp³-hybridized carbons (Fsp3) is 0.538. The van der Waals surface area contributed by atoms with Gasteiger partial charge in [0.2, 0.25) is 0 Å². The highest BCUT2D eigenvalue weighted by molar-refractivity contribution is 5.57. The van der Waals surface area contributed by atoms with Crippen molar-refractivity contribution in [3.8, 4) is 0 Å². The number of anilines is 1. The molecular weight excluding hydrogens is 289 g/mol. The van der Waals surface area contributed by atoms with Gasteiger partial charge < -0.3 is 10.4 Å². The third kappa shape index (κ3) is 4.89. The molecule has 0 amide bonds. The van der Waals surface area contributed by atoms with Crippen LogP contribution in [-0.2, 0) is 6.18 Å². The Balaban J connectivity index is 3.13. The first kappa shape index (κ1) is 17.2. The second-order valence-electron chi connectivity index (χ2n) is 5.14. The number of alkyl halides is 3. The Hall–Kier alpha value is -1.83. The van der Waals surface area contributed by atoms with Crippen LogP contribution in [0.2, 0.25) is 0 Å². The van der Waals surface area contributed by atoms with E-state index in [9.17, 15) is 28.4 Å². The molecule has 1 rings (SSSR count). The molecule has 0 heterocycles. The van der Waals surface area contributed by atoms with Gasteiger partial charge in [-0.05, 0) is 18.4 Å². The predicted octanol–water partition coefficient (Wildman–Crippen LogP) is 3.43. The Bertz CT molecular complexity index is 504. The fourth-order valence-corrected chi connectivity index (χ4v) is 1.97. The maximum atomic E-state index is 13.0. The van der Waals surface area contributed by atoms with Crippen molar-refractivity contribution in [2.24, 2.45) is 5.92 Å². The molecule has 118 valence electrons. The van der Waals surface area contributed by atoms with Crippen LogP contribution in [0.4, 0.5) is 24.5 Å². The van der Waals surface area contributed by atoms with E-state index in [0.717, 1.165) is 12.1 Å². The first-order valence-electron chi connectivity index (χ1n) is 6.38. The SMILES string of the molecule is CC(C)CC(CO)Nc1ccc([N+](=O)[O-])cc1C(F)(F)F. The normalized spacial score (nSPS) is 13.3. The smallest absolute Gasteiger partial charge is 0.394 e. The third-order valence-corrected chi connectivity index (χ3v) is 2.86. The van der Waals surface area contributed by atoms with Gasteiger partial charge in [-0.3, -0.25) is 10.1 Å². The molecule has 0 saturated carbocycles. The molecule has 0 radical (unpaired) electrons. The van der Waals surface area contributed by atoms with Gasteiger partial charge in [0.1, 0.15) is 0 Å². The minimum atomic E-state index is -4.72. The van der Waals surface area contributed by atoms with E-state index in [4.69, 9.17) is 0 Å². The standard InChI is InChI=1S/C13H17F3N2O3/c1-8(2)5-9(7-19)17-12-4-3-10(18(20)21)6-11(12)13(14,15)16/h3-4,6,8-9,17,19H,5,7H2,1-2H3. The minimum absolute atomic E-state index is 0.182. The summed E-state index contributed by atoms with van der Waals surface area (Å²) in [5.74, 6) is 0.182. The van der Waals surface area contributed by atoms with Crippen molar-refractivity contribution in [3.63, 3.8) is 0 Å². The number of hydrogen-bond donors (Lipinski definition) is 2. The summed E-state index contributed by atoms with van der Waals surface area (Å²) in [6.45, 7) is 3.43. The van der Waals surface area contributed by atoms with Crippen LogP contribution >= 0.6 is 0 Å². The molecule has 0 aliphatic rings. The molecule has 1 atom stereocenters. The summed E-state index contributed by atoms with van der Waals surface area (Å²) in [6.07, 6.45) is -4.24. The summed E-state index contributed by atoms with van der Waals surface area (Å²) in [6, 6.07) is 1.96. The maximum absolute atomic E-state index is 13.0. The van der Waals surface area contributed by atoms with E-state index in [0.29, 0.717) is 12.5 Å². The molecule has 0 fully saturated rings. The molecule has 5 nitrogen and oxygen atoms in total. The Morgan fingerprint density at radius 1 is 1.38 bits per heavy atom. The van der Waals surface area contributed by atoms with Gasteiger partial charge in [-0.2, -0.15) is 13.2 Å². The van der Waals surface area contributed by atoms with Crippen LogP contribution in [0.3, 0.4) is 0 Å². The number of benzene rings is 1. The van der Waals surface area contributed by atoms with Crippen molar-refractivity contribution in [1.29, 1.82) is 0 Å². The molecule has 0 aliphatic heterocycles. The zero-order chi connectivity index (χ0) is 16.2. The number of nitrogens with one attached hydrogen (secondary N) is 1. The Labute approximate surface area is 119 Å². The number of nitro groups is 1. The lowest BCUT2D eigenvalue weighted by Crippen LogP contribution is -2.27. The molecule has 0 spiro atoms. The number of nitro benzene ring substituents is 1. The van der Waals surface area contributed by atoms with Crippen molar-refractivity contribution in [1.82, 2.24) is 0 Å². The first-order valence-corrected chi connectivity index (χ1v) is 6.38. The highest BCUT2D eigenvalue weighted by atomic mass is 19.4. The average Bonchev–Trinajstić information content (AvgIpc) is 2.36. The topological polar surface area (TPSA) is 75.4 Å². The van der Waals surface area contributed by atoms with Crippen LogP contribution < -0.4 is 5.32 Å². The van der Waals surface area contributed by atoms with Crippen LogP contribution in [0.1, 0.15) is 25.8 Å². The largest absolute Gasteiger partial charge is 0.418 e. The number of nitrogens with zero attached hydrogens (tertiary/aromatic N) is 1. The summed E-state index contributed by atoms with van der Waals surface area (Å²) < 4.78 is 39.0. The lowest BCUT2D eigenvalue weighted by molar-refractivity contribution is -0.385. The van der Waals surface area contributed by atoms with Crippen LogP contribution in [-0.4, -0.2) is 22.7 Å². The maximum Gasteiger partial charge on any atom is 0.418 e. The number of aliphatic hydroxyl groups excluding tert-OH is 1. The van der Waals surface area contributed by atoms with Gasteiger partial charge in [0.15, 0.2) is 0 Å². The second-order valence-corrected chi connectivity index (χ2v) is 5.14. The molecule has 0 saturated heterocycles. The highest BCUT2D eigenvalue weighted by Gasteiger charge is 2.35. The van der Waals surface area contributed by atoms with Crippen LogP contribution in [0.25, 0.3) is 0 Å². The van der Waals surface area contributed by atoms with Crippen LogP contribution in [0.15, 0.2) is 18.2 Å². The molecule has 2 N–H and O–H groups in total. The molecule has 0 aromatic heterocycles. The number of non-ortho nitro benzene ring substituents is 1. The molecule has 1 unspecified atom stereocenters. The van der Waals surface area contributed by atoms with E-state index < -0.39 is 28.4 Å². The van der Waals surface area contributed by atoms with Crippen molar-refractivity contribution in [2.45, 2.75) is 32.5 Å². The summed E-state index contributed by atoms with van der Waals surface area (Å²) in [5, 5.41) is 22.4. The van der Waals surface area contributed by atoms with Crippen LogP contribution in [0, 0.1) is 16.0 Å². The Kier molecular flexibility index (Phi) is 5.54. The molecule has 0 bridgehead atoms. The fourth-order valence-electron chi connectivity index (χ4n) is 1.97. The van der Waals surface area contributed by atoms with Gasteiger partial charge in [0.05, 0.1) is 17.1 Å². The minimum Gasteiger partial charge on any atom is -0.394 e. The number of rotatable bonds is 6. The van der Waals surface area contributed by atoms with E-state index in [-0.39, 0.29) is 18.2 Å². The third-order valence-electron chi connectivity index (χ3n) is 2.86. The first-order chi connectivity index (χ1) is 9.65. The van der Waals surface area contributed by atoms with E-state index in [2.05, 4.69) is 5.32 Å². The van der Waals surface area contributed by atoms with E-state index in [1.807, 2.05) is 13.8 Å². The number of halogens is 3. The second kappa shape index (κ2) is 6.75. The molecule has 21 heavy (non-hydrogen) atoms. The lowest BCUT2D eigenvalue weighted by Gasteiger charge is -2.22. The van der Waals surface area contributed by atoms with Gasteiger partial charge in [0.25, 0.3) is 5.69 Å². The van der Waals surface area contributed by atoms with Crippen molar-refractivity contribution >= 4 is 11.4 Å². The van der Waals surface area contributed by atoms with E-state index in [1.165, 1.54) is 0 Å². The van der Waals surface area contributed by atoms with Gasteiger partial charge in [0, 0.05) is 23.9 Å². The molecule has 8 heteroatoms. The average molecular weight is 306 g/mol. The van der Waals surface area contributed by atoms with Crippen LogP contribution in [0.5, 0.6) is 0 Å². The highest BCUT2D eigenvalue weighted by Crippen LogP contribution is 2.37. The van der Waals surface area contributed by atoms with E-state index >= 15 is 0 Å². The monoisotopic (exact) mass is 306 g/mol. The molecule has 1 aromatic carbocycles. The Morgan fingerprint density at radius 3 is 2.43 bits per heavy atom. The van der Waals surface area contributed by atoms with Crippen molar-refractivity contribution in [3.05, 3.63) is 33.9 Å². The summed E-state index contributed by atoms with van der Waals surface area (Å²) in [5.41, 5.74) is -2.01. The summed E-state index contributed by atoms with van der Waals surface area (Å²) >= 11 is 0. The van der Waals surface area contributed by atoms with Gasteiger partial charge >= 0.3 is 6.18 Å². The predicted molar refractivity (Wildman–Crippen MR) is 72.0 cm³/mol. The van der Waals surface area contributed by atoms with Gasteiger partial charge in [-0.1, -0.05) is 13.8 Å². The zero-order valence-corrected chi connectivity index (χ0v) is 11.6. The molecule has 0 aliphatic carbocycles. The summed E-state index contributed by atoms with van der Waals surface area (Å²) in [4.78, 5) is 9.71. The van der Waals surface area contributed by atoms with Gasteiger partial charge in [-0.25, -0.2) is 0 Å². The van der Waals surface area contributed by atoms with Crippen molar-refractivity contribution < 1.29 is 23.2 Å². The zero-order valence-electron chi connectivity index (χ0n) is 11.6. The summed E-state index contributed by atoms with van der Waals surface area (Å²) in [7, 11) is 0.